The van der Waals surface area contributed by atoms with Crippen molar-refractivity contribution in [3.8, 4) is 5.75 Å². The Bertz CT molecular complexity index is 785. The van der Waals surface area contributed by atoms with E-state index in [2.05, 4.69) is 26.8 Å². The van der Waals surface area contributed by atoms with Gasteiger partial charge in [0.1, 0.15) is 5.75 Å². The predicted octanol–water partition coefficient (Wildman–Crippen LogP) is 3.60. The van der Waals surface area contributed by atoms with E-state index in [1.54, 1.807) is 19.1 Å². The molecule has 5 nitrogen and oxygen atoms in total. The standard InChI is InChI=1S/C19H21BrN2O3/c1-11-8-9-15(10-16(11)20)19(24)22-21-18(23)14(4)25-17-12(2)6-5-7-13(17)3/h5-10,14H,1-4H3,(H,21,23)(H,22,24). The highest BCUT2D eigenvalue weighted by Gasteiger charge is 2.18. The molecular weight excluding hydrogens is 384 g/mol. The summed E-state index contributed by atoms with van der Waals surface area (Å²) in [7, 11) is 0. The third kappa shape index (κ3) is 4.82. The third-order valence-corrected chi connectivity index (χ3v) is 4.66. The summed E-state index contributed by atoms with van der Waals surface area (Å²) in [4.78, 5) is 24.3. The van der Waals surface area contributed by atoms with E-state index in [9.17, 15) is 9.59 Å². The van der Waals surface area contributed by atoms with Gasteiger partial charge in [-0.2, -0.15) is 0 Å². The molecule has 0 bridgehead atoms. The van der Waals surface area contributed by atoms with E-state index < -0.39 is 17.9 Å². The normalized spacial score (nSPS) is 11.6. The van der Waals surface area contributed by atoms with Crippen molar-refractivity contribution in [2.75, 3.05) is 0 Å². The van der Waals surface area contributed by atoms with Crippen molar-refractivity contribution >= 4 is 27.7 Å². The lowest BCUT2D eigenvalue weighted by Gasteiger charge is -2.18. The van der Waals surface area contributed by atoms with Crippen LogP contribution in [0.1, 0.15) is 34.0 Å². The summed E-state index contributed by atoms with van der Waals surface area (Å²) in [5.74, 6) is -0.144. The van der Waals surface area contributed by atoms with Gasteiger partial charge in [-0.3, -0.25) is 20.4 Å². The van der Waals surface area contributed by atoms with E-state index in [1.165, 1.54) is 0 Å². The fraction of sp³-hybridized carbons (Fsp3) is 0.263. The van der Waals surface area contributed by atoms with Crippen molar-refractivity contribution in [3.63, 3.8) is 0 Å². The molecule has 0 aliphatic heterocycles. The highest BCUT2D eigenvalue weighted by atomic mass is 79.9. The smallest absolute Gasteiger partial charge is 0.279 e. The maximum absolute atomic E-state index is 12.2. The second-order valence-electron chi connectivity index (χ2n) is 5.89. The second-order valence-corrected chi connectivity index (χ2v) is 6.74. The van der Waals surface area contributed by atoms with E-state index in [1.807, 2.05) is 45.0 Å². The molecule has 2 aromatic rings. The van der Waals surface area contributed by atoms with Crippen molar-refractivity contribution in [3.05, 3.63) is 63.1 Å². The topological polar surface area (TPSA) is 67.4 Å². The number of hydrogen-bond donors (Lipinski definition) is 2. The van der Waals surface area contributed by atoms with Gasteiger partial charge >= 0.3 is 0 Å². The van der Waals surface area contributed by atoms with Crippen molar-refractivity contribution in [1.82, 2.24) is 10.9 Å². The summed E-state index contributed by atoms with van der Waals surface area (Å²) < 4.78 is 6.57. The number of amides is 2. The van der Waals surface area contributed by atoms with Gasteiger partial charge < -0.3 is 4.74 Å². The zero-order chi connectivity index (χ0) is 18.6. The van der Waals surface area contributed by atoms with Crippen LogP contribution in [0, 0.1) is 20.8 Å². The Labute approximate surface area is 155 Å². The van der Waals surface area contributed by atoms with Gasteiger partial charge in [-0.05, 0) is 56.5 Å². The largest absolute Gasteiger partial charge is 0.480 e. The van der Waals surface area contributed by atoms with E-state index in [-0.39, 0.29) is 0 Å². The molecule has 1 atom stereocenters. The van der Waals surface area contributed by atoms with Crippen molar-refractivity contribution in [1.29, 1.82) is 0 Å². The van der Waals surface area contributed by atoms with E-state index >= 15 is 0 Å². The average molecular weight is 405 g/mol. The van der Waals surface area contributed by atoms with Crippen LogP contribution in [0.4, 0.5) is 0 Å². The number of halogens is 1. The van der Waals surface area contributed by atoms with Gasteiger partial charge in [0.25, 0.3) is 11.8 Å². The number of hydrogen-bond acceptors (Lipinski definition) is 3. The summed E-state index contributed by atoms with van der Waals surface area (Å²) in [6.07, 6.45) is -0.746. The first-order chi connectivity index (χ1) is 11.8. The van der Waals surface area contributed by atoms with Crippen molar-refractivity contribution < 1.29 is 14.3 Å². The molecule has 6 heteroatoms. The van der Waals surface area contributed by atoms with Gasteiger partial charge in [0.05, 0.1) is 0 Å². The van der Waals surface area contributed by atoms with Crippen LogP contribution < -0.4 is 15.6 Å². The third-order valence-electron chi connectivity index (χ3n) is 3.81. The maximum Gasteiger partial charge on any atom is 0.279 e. The Morgan fingerprint density at radius 3 is 2.24 bits per heavy atom. The summed E-state index contributed by atoms with van der Waals surface area (Å²) in [6, 6.07) is 11.0. The SMILES string of the molecule is Cc1ccc(C(=O)NNC(=O)C(C)Oc2c(C)cccc2C)cc1Br. The van der Waals surface area contributed by atoms with Crippen LogP contribution in [0.2, 0.25) is 0 Å². The van der Waals surface area contributed by atoms with Crippen LogP contribution in [0.3, 0.4) is 0 Å². The number of benzene rings is 2. The number of ether oxygens (including phenoxy) is 1. The van der Waals surface area contributed by atoms with Gasteiger partial charge in [-0.15, -0.1) is 0 Å². The number of para-hydroxylation sites is 1. The average Bonchev–Trinajstić information content (AvgIpc) is 2.58. The monoisotopic (exact) mass is 404 g/mol. The Hall–Kier alpha value is -2.34. The molecule has 2 rings (SSSR count). The first-order valence-electron chi connectivity index (χ1n) is 7.89. The number of carbonyl (C=O) groups is 2. The second kappa shape index (κ2) is 8.16. The zero-order valence-electron chi connectivity index (χ0n) is 14.6. The van der Waals surface area contributed by atoms with E-state index in [0.717, 1.165) is 21.2 Å². The first-order valence-corrected chi connectivity index (χ1v) is 8.68. The predicted molar refractivity (Wildman–Crippen MR) is 100 cm³/mol. The minimum absolute atomic E-state index is 0.395. The molecule has 132 valence electrons. The van der Waals surface area contributed by atoms with Crippen LogP contribution in [0.5, 0.6) is 5.75 Å². The molecule has 2 N–H and O–H groups in total. The van der Waals surface area contributed by atoms with Gasteiger partial charge in [0, 0.05) is 10.0 Å². The van der Waals surface area contributed by atoms with Crippen LogP contribution in [0.25, 0.3) is 0 Å². The number of carbonyl (C=O) groups excluding carboxylic acids is 2. The van der Waals surface area contributed by atoms with Crippen LogP contribution in [-0.4, -0.2) is 17.9 Å². The molecule has 0 spiro atoms. The lowest BCUT2D eigenvalue weighted by atomic mass is 10.1. The molecule has 1 unspecified atom stereocenters. The molecule has 0 aromatic heterocycles. The summed E-state index contributed by atoms with van der Waals surface area (Å²) in [6.45, 7) is 7.41. The van der Waals surface area contributed by atoms with Crippen LogP contribution >= 0.6 is 15.9 Å². The van der Waals surface area contributed by atoms with Crippen molar-refractivity contribution in [2.45, 2.75) is 33.8 Å². The molecule has 25 heavy (non-hydrogen) atoms. The minimum atomic E-state index is -0.746. The highest BCUT2D eigenvalue weighted by Crippen LogP contribution is 2.23. The van der Waals surface area contributed by atoms with Crippen molar-refractivity contribution in [2.24, 2.45) is 0 Å². The lowest BCUT2D eigenvalue weighted by molar-refractivity contribution is -0.128. The number of hydrazine groups is 1. The number of aryl methyl sites for hydroxylation is 3. The quantitative estimate of drug-likeness (QED) is 0.764. The molecule has 0 saturated carbocycles. The Morgan fingerprint density at radius 1 is 1.00 bits per heavy atom. The summed E-state index contributed by atoms with van der Waals surface area (Å²) in [5, 5.41) is 0. The fourth-order valence-corrected chi connectivity index (χ4v) is 2.62. The van der Waals surface area contributed by atoms with Gasteiger partial charge in [0.2, 0.25) is 0 Å². The lowest BCUT2D eigenvalue weighted by Crippen LogP contribution is -2.47. The van der Waals surface area contributed by atoms with E-state index in [4.69, 9.17) is 4.74 Å². The molecule has 0 radical (unpaired) electrons. The van der Waals surface area contributed by atoms with Crippen LogP contribution in [0.15, 0.2) is 40.9 Å². The number of nitrogens with one attached hydrogen (secondary N) is 2. The first kappa shape index (κ1) is 19.0. The Morgan fingerprint density at radius 2 is 1.64 bits per heavy atom. The molecule has 2 amide bonds. The summed E-state index contributed by atoms with van der Waals surface area (Å²) >= 11 is 3.38. The van der Waals surface area contributed by atoms with Gasteiger partial charge in [-0.25, -0.2) is 0 Å². The molecular formula is C19H21BrN2O3. The highest BCUT2D eigenvalue weighted by molar-refractivity contribution is 9.10. The maximum atomic E-state index is 12.2. The molecule has 0 aliphatic rings. The fourth-order valence-electron chi connectivity index (χ4n) is 2.24. The molecule has 2 aromatic carbocycles. The molecule has 0 aliphatic carbocycles. The Kier molecular flexibility index (Phi) is 6.20. The van der Waals surface area contributed by atoms with E-state index in [0.29, 0.717) is 11.3 Å². The number of rotatable bonds is 4. The van der Waals surface area contributed by atoms with Gasteiger partial charge in [-0.1, -0.05) is 40.2 Å². The molecule has 0 fully saturated rings. The molecule has 0 saturated heterocycles. The Balaban J connectivity index is 1.95. The minimum Gasteiger partial charge on any atom is -0.480 e. The molecule has 0 heterocycles. The van der Waals surface area contributed by atoms with Crippen LogP contribution in [-0.2, 0) is 4.79 Å². The zero-order valence-corrected chi connectivity index (χ0v) is 16.2. The summed E-state index contributed by atoms with van der Waals surface area (Å²) in [5.41, 5.74) is 8.17. The van der Waals surface area contributed by atoms with Gasteiger partial charge in [0.15, 0.2) is 6.10 Å².